The fraction of sp³-hybridized carbons (Fsp3) is 0.417. The van der Waals surface area contributed by atoms with Crippen LogP contribution in [0.1, 0.15) is 6.92 Å². The molecule has 2 N–H and O–H groups in total. The van der Waals surface area contributed by atoms with Crippen LogP contribution in [0.25, 0.3) is 0 Å². The molecule has 0 saturated carbocycles. The lowest BCUT2D eigenvalue weighted by Gasteiger charge is -2.33. The Morgan fingerprint density at radius 2 is 2.18 bits per heavy atom. The van der Waals surface area contributed by atoms with Gasteiger partial charge in [0.25, 0.3) is 5.91 Å². The Morgan fingerprint density at radius 1 is 1.47 bits per heavy atom. The van der Waals surface area contributed by atoms with Gasteiger partial charge < -0.3 is 19.8 Å². The van der Waals surface area contributed by atoms with Crippen molar-refractivity contribution < 1.29 is 19.7 Å². The molecule has 92 valence electrons. The maximum absolute atomic E-state index is 11.9. The van der Waals surface area contributed by atoms with Crippen molar-refractivity contribution in [2.45, 2.75) is 19.1 Å². The highest BCUT2D eigenvalue weighted by atomic mass is 16.5. The topological polar surface area (TPSA) is 70.0 Å². The largest absolute Gasteiger partial charge is 0.479 e. The van der Waals surface area contributed by atoms with E-state index in [1.165, 1.54) is 4.90 Å². The maximum atomic E-state index is 11.9. The molecule has 1 aromatic carbocycles. The van der Waals surface area contributed by atoms with Gasteiger partial charge in [0.1, 0.15) is 5.75 Å². The second-order valence-electron chi connectivity index (χ2n) is 4.01. The molecular formula is C12H15NO4. The first-order valence-electron chi connectivity index (χ1n) is 5.49. The van der Waals surface area contributed by atoms with E-state index in [9.17, 15) is 9.90 Å². The average Bonchev–Trinajstić information content (AvgIpc) is 2.34. The number of carbonyl (C=O) groups excluding carboxylic acids is 1. The van der Waals surface area contributed by atoms with Gasteiger partial charge in [-0.2, -0.15) is 0 Å². The van der Waals surface area contributed by atoms with Crippen LogP contribution >= 0.6 is 0 Å². The van der Waals surface area contributed by atoms with Crippen molar-refractivity contribution in [1.29, 1.82) is 0 Å². The van der Waals surface area contributed by atoms with E-state index >= 15 is 0 Å². The molecule has 0 spiro atoms. The number of fused-ring (bicyclic) bond motifs is 1. The van der Waals surface area contributed by atoms with Gasteiger partial charge in [0, 0.05) is 0 Å². The van der Waals surface area contributed by atoms with E-state index in [0.29, 0.717) is 11.4 Å². The van der Waals surface area contributed by atoms with Gasteiger partial charge in [-0.15, -0.1) is 0 Å². The predicted molar refractivity (Wildman–Crippen MR) is 62.0 cm³/mol. The Hall–Kier alpha value is -1.59. The Morgan fingerprint density at radius 3 is 2.88 bits per heavy atom. The van der Waals surface area contributed by atoms with Gasteiger partial charge in [-0.05, 0) is 19.1 Å². The Labute approximate surface area is 99.2 Å². The number of aliphatic hydroxyl groups is 2. The zero-order valence-electron chi connectivity index (χ0n) is 9.54. The number of ether oxygens (including phenoxy) is 1. The second kappa shape index (κ2) is 4.73. The highest BCUT2D eigenvalue weighted by molar-refractivity contribution is 5.99. The molecule has 1 aromatic rings. The predicted octanol–water partition coefficient (Wildman–Crippen LogP) is 0.154. The van der Waals surface area contributed by atoms with Gasteiger partial charge in [0.2, 0.25) is 0 Å². The number of hydrogen-bond acceptors (Lipinski definition) is 4. The van der Waals surface area contributed by atoms with Crippen molar-refractivity contribution >= 4 is 11.6 Å². The molecule has 2 rings (SSSR count). The molecule has 1 aliphatic rings. The second-order valence-corrected chi connectivity index (χ2v) is 4.01. The number of para-hydroxylation sites is 2. The van der Waals surface area contributed by atoms with E-state index in [-0.39, 0.29) is 19.1 Å². The van der Waals surface area contributed by atoms with Gasteiger partial charge in [0.05, 0.1) is 24.9 Å². The lowest BCUT2D eigenvalue weighted by atomic mass is 10.1. The minimum atomic E-state index is -0.947. The molecule has 0 aliphatic carbocycles. The third-order valence-corrected chi connectivity index (χ3v) is 2.68. The van der Waals surface area contributed by atoms with Crippen LogP contribution in [0.4, 0.5) is 5.69 Å². The molecule has 0 fully saturated rings. The number of amides is 1. The molecular weight excluding hydrogens is 222 g/mol. The summed E-state index contributed by atoms with van der Waals surface area (Å²) >= 11 is 0. The number of β-amino-alcohol motifs (C(OH)–C–C–N with tert-alkyl or cyclic N) is 1. The summed E-state index contributed by atoms with van der Waals surface area (Å²) in [6, 6.07) is 7.14. The lowest BCUT2D eigenvalue weighted by molar-refractivity contribution is -0.126. The van der Waals surface area contributed by atoms with Crippen LogP contribution in [0.3, 0.4) is 0 Å². The quantitative estimate of drug-likeness (QED) is 0.785. The number of hydrogen-bond donors (Lipinski definition) is 2. The molecule has 17 heavy (non-hydrogen) atoms. The van der Waals surface area contributed by atoms with Gasteiger partial charge in [-0.3, -0.25) is 4.79 Å². The lowest BCUT2D eigenvalue weighted by Crippen LogP contribution is -2.48. The zero-order chi connectivity index (χ0) is 12.4. The molecule has 0 bridgehead atoms. The van der Waals surface area contributed by atoms with E-state index in [2.05, 4.69) is 0 Å². The summed E-state index contributed by atoms with van der Waals surface area (Å²) in [6.45, 7) is 1.36. The summed E-state index contributed by atoms with van der Waals surface area (Å²) in [7, 11) is 0. The van der Waals surface area contributed by atoms with Crippen LogP contribution in [0.2, 0.25) is 0 Å². The van der Waals surface area contributed by atoms with Crippen LogP contribution in [0.5, 0.6) is 5.75 Å². The smallest absolute Gasteiger partial charge is 0.267 e. The van der Waals surface area contributed by atoms with Gasteiger partial charge in [-0.1, -0.05) is 12.1 Å². The summed E-state index contributed by atoms with van der Waals surface area (Å²) in [6.07, 6.45) is -1.52. The standard InChI is InChI=1S/C12H15NO4/c1-8-12(16)13(6-9(15)7-14)10-4-2-3-5-11(10)17-8/h2-5,8-9,14-15H,6-7H2,1H3. The highest BCUT2D eigenvalue weighted by Crippen LogP contribution is 2.33. The number of carbonyl (C=O) groups is 1. The highest BCUT2D eigenvalue weighted by Gasteiger charge is 2.32. The van der Waals surface area contributed by atoms with E-state index < -0.39 is 12.2 Å². The third kappa shape index (κ3) is 2.25. The molecule has 0 saturated heterocycles. The summed E-state index contributed by atoms with van der Waals surface area (Å²) in [5.74, 6) is 0.404. The molecule has 1 aliphatic heterocycles. The summed E-state index contributed by atoms with van der Waals surface area (Å²) in [4.78, 5) is 13.4. The van der Waals surface area contributed by atoms with Crippen LogP contribution in [0.15, 0.2) is 24.3 Å². The number of anilines is 1. The van der Waals surface area contributed by atoms with E-state index in [4.69, 9.17) is 9.84 Å². The molecule has 5 nitrogen and oxygen atoms in total. The molecule has 1 heterocycles. The number of nitrogens with zero attached hydrogens (tertiary/aromatic N) is 1. The van der Waals surface area contributed by atoms with Crippen LogP contribution < -0.4 is 9.64 Å². The fourth-order valence-electron chi connectivity index (χ4n) is 1.82. The van der Waals surface area contributed by atoms with Gasteiger partial charge in [-0.25, -0.2) is 0 Å². The minimum Gasteiger partial charge on any atom is -0.479 e. The number of aliphatic hydroxyl groups excluding tert-OH is 2. The average molecular weight is 237 g/mol. The fourth-order valence-corrected chi connectivity index (χ4v) is 1.82. The van der Waals surface area contributed by atoms with E-state index in [1.807, 2.05) is 6.07 Å². The Kier molecular flexibility index (Phi) is 3.31. The maximum Gasteiger partial charge on any atom is 0.267 e. The van der Waals surface area contributed by atoms with Crippen molar-refractivity contribution in [1.82, 2.24) is 0 Å². The van der Waals surface area contributed by atoms with Gasteiger partial charge >= 0.3 is 0 Å². The van der Waals surface area contributed by atoms with Crippen molar-refractivity contribution in [3.8, 4) is 5.75 Å². The Bertz CT molecular complexity index is 421. The molecule has 2 unspecified atom stereocenters. The van der Waals surface area contributed by atoms with Crippen LogP contribution in [-0.2, 0) is 4.79 Å². The monoisotopic (exact) mass is 237 g/mol. The molecule has 2 atom stereocenters. The molecule has 1 amide bonds. The zero-order valence-corrected chi connectivity index (χ0v) is 9.54. The summed E-state index contributed by atoms with van der Waals surface area (Å²) < 4.78 is 5.45. The first-order valence-corrected chi connectivity index (χ1v) is 5.49. The minimum absolute atomic E-state index is 0.0695. The van der Waals surface area contributed by atoms with Crippen molar-refractivity contribution in [2.24, 2.45) is 0 Å². The Balaban J connectivity index is 2.32. The van der Waals surface area contributed by atoms with E-state index in [0.717, 1.165) is 0 Å². The SMILES string of the molecule is CC1Oc2ccccc2N(CC(O)CO)C1=O. The number of benzene rings is 1. The van der Waals surface area contributed by atoms with Crippen molar-refractivity contribution in [2.75, 3.05) is 18.1 Å². The van der Waals surface area contributed by atoms with E-state index in [1.54, 1.807) is 25.1 Å². The third-order valence-electron chi connectivity index (χ3n) is 2.68. The summed E-state index contributed by atoms with van der Waals surface area (Å²) in [5.41, 5.74) is 0.628. The van der Waals surface area contributed by atoms with Crippen LogP contribution in [-0.4, -0.2) is 41.5 Å². The van der Waals surface area contributed by atoms with Crippen molar-refractivity contribution in [3.05, 3.63) is 24.3 Å². The van der Waals surface area contributed by atoms with Gasteiger partial charge in [0.15, 0.2) is 6.10 Å². The van der Waals surface area contributed by atoms with Crippen LogP contribution in [0, 0.1) is 0 Å². The molecule has 0 radical (unpaired) electrons. The normalized spacial score (nSPS) is 20.8. The number of rotatable bonds is 3. The molecule has 0 aromatic heterocycles. The first-order chi connectivity index (χ1) is 8.13. The first kappa shape index (κ1) is 11.9. The summed E-state index contributed by atoms with van der Waals surface area (Å²) in [5, 5.41) is 18.3. The van der Waals surface area contributed by atoms with Crippen molar-refractivity contribution in [3.63, 3.8) is 0 Å². The molecule has 5 heteroatoms.